The van der Waals surface area contributed by atoms with Crippen molar-refractivity contribution >= 4 is 11.8 Å². The molecule has 0 radical (unpaired) electrons. The summed E-state index contributed by atoms with van der Waals surface area (Å²) in [5, 5.41) is 2.77. The molecule has 1 rings (SSSR count). The predicted octanol–water partition coefficient (Wildman–Crippen LogP) is -0.275. The average molecular weight is 271 g/mol. The van der Waals surface area contributed by atoms with Crippen molar-refractivity contribution in [2.24, 2.45) is 11.1 Å². The Hall–Kier alpha value is -1.14. The van der Waals surface area contributed by atoms with E-state index in [4.69, 9.17) is 10.5 Å². The third kappa shape index (κ3) is 4.18. The Morgan fingerprint density at radius 3 is 2.42 bits per heavy atom. The largest absolute Gasteiger partial charge is 0.381 e. The fourth-order valence-electron chi connectivity index (χ4n) is 2.33. The zero-order chi connectivity index (χ0) is 14.5. The Bertz CT molecular complexity index is 325. The Morgan fingerprint density at radius 1 is 1.37 bits per heavy atom. The molecular formula is C13H25N3O3. The first-order valence-electron chi connectivity index (χ1n) is 6.74. The van der Waals surface area contributed by atoms with Gasteiger partial charge in [-0.15, -0.1) is 0 Å². The van der Waals surface area contributed by atoms with Gasteiger partial charge in [0.1, 0.15) is 0 Å². The van der Waals surface area contributed by atoms with Gasteiger partial charge in [-0.25, -0.2) is 0 Å². The van der Waals surface area contributed by atoms with Gasteiger partial charge in [0.25, 0.3) is 0 Å². The number of carbonyl (C=O) groups is 2. The van der Waals surface area contributed by atoms with Gasteiger partial charge >= 0.3 is 0 Å². The van der Waals surface area contributed by atoms with Crippen molar-refractivity contribution in [1.82, 2.24) is 10.2 Å². The van der Waals surface area contributed by atoms with E-state index in [0.29, 0.717) is 32.6 Å². The lowest BCUT2D eigenvalue weighted by Crippen LogP contribution is -2.52. The SMILES string of the molecule is CC(C)NC(=O)CN(C)C(=O)C1(CN)CCOCC1. The van der Waals surface area contributed by atoms with E-state index in [1.807, 2.05) is 13.8 Å². The predicted molar refractivity (Wildman–Crippen MR) is 72.5 cm³/mol. The minimum absolute atomic E-state index is 0.0581. The van der Waals surface area contributed by atoms with Crippen LogP contribution in [-0.2, 0) is 14.3 Å². The van der Waals surface area contributed by atoms with Gasteiger partial charge in [-0.2, -0.15) is 0 Å². The quantitative estimate of drug-likeness (QED) is 0.720. The van der Waals surface area contributed by atoms with Crippen LogP contribution < -0.4 is 11.1 Å². The maximum Gasteiger partial charge on any atom is 0.239 e. The number of ether oxygens (including phenoxy) is 1. The van der Waals surface area contributed by atoms with Crippen LogP contribution in [0, 0.1) is 5.41 Å². The van der Waals surface area contributed by atoms with Crippen LogP contribution >= 0.6 is 0 Å². The first-order chi connectivity index (χ1) is 8.91. The molecule has 1 aliphatic rings. The lowest BCUT2D eigenvalue weighted by molar-refractivity contribution is -0.148. The molecule has 19 heavy (non-hydrogen) atoms. The van der Waals surface area contributed by atoms with Crippen LogP contribution in [0.25, 0.3) is 0 Å². The monoisotopic (exact) mass is 271 g/mol. The summed E-state index contributed by atoms with van der Waals surface area (Å²) in [6.07, 6.45) is 1.25. The zero-order valence-electron chi connectivity index (χ0n) is 12.1. The normalized spacial score (nSPS) is 18.2. The summed E-state index contributed by atoms with van der Waals surface area (Å²) in [5.41, 5.74) is 5.22. The Kier molecular flexibility index (Phi) is 5.75. The van der Waals surface area contributed by atoms with Crippen LogP contribution in [0.2, 0.25) is 0 Å². The number of carbonyl (C=O) groups excluding carboxylic acids is 2. The second kappa shape index (κ2) is 6.86. The van der Waals surface area contributed by atoms with Gasteiger partial charge in [0.05, 0.1) is 12.0 Å². The second-order valence-electron chi connectivity index (χ2n) is 5.48. The second-order valence-corrected chi connectivity index (χ2v) is 5.48. The van der Waals surface area contributed by atoms with Crippen molar-refractivity contribution in [3.8, 4) is 0 Å². The van der Waals surface area contributed by atoms with E-state index in [1.54, 1.807) is 7.05 Å². The van der Waals surface area contributed by atoms with Gasteiger partial charge < -0.3 is 20.7 Å². The van der Waals surface area contributed by atoms with Crippen LogP contribution in [0.3, 0.4) is 0 Å². The molecule has 0 saturated carbocycles. The van der Waals surface area contributed by atoms with E-state index in [0.717, 1.165) is 0 Å². The molecule has 2 amide bonds. The minimum atomic E-state index is -0.564. The van der Waals surface area contributed by atoms with Crippen molar-refractivity contribution in [2.45, 2.75) is 32.7 Å². The van der Waals surface area contributed by atoms with E-state index in [2.05, 4.69) is 5.32 Å². The maximum atomic E-state index is 12.5. The molecule has 0 spiro atoms. The van der Waals surface area contributed by atoms with E-state index in [-0.39, 0.29) is 24.4 Å². The molecule has 0 aliphatic carbocycles. The van der Waals surface area contributed by atoms with Crippen molar-refractivity contribution in [3.05, 3.63) is 0 Å². The molecule has 1 heterocycles. The molecule has 6 nitrogen and oxygen atoms in total. The summed E-state index contributed by atoms with van der Waals surface area (Å²) in [7, 11) is 1.65. The maximum absolute atomic E-state index is 12.5. The molecule has 110 valence electrons. The number of amides is 2. The average Bonchev–Trinajstić information content (AvgIpc) is 2.37. The van der Waals surface area contributed by atoms with Crippen LogP contribution in [-0.4, -0.2) is 56.1 Å². The summed E-state index contributed by atoms with van der Waals surface area (Å²) in [6.45, 7) is 5.24. The molecule has 3 N–H and O–H groups in total. The van der Waals surface area contributed by atoms with E-state index < -0.39 is 5.41 Å². The molecule has 0 bridgehead atoms. The molecule has 1 aliphatic heterocycles. The van der Waals surface area contributed by atoms with Gasteiger partial charge in [-0.05, 0) is 26.7 Å². The molecule has 0 aromatic heterocycles. The van der Waals surface area contributed by atoms with Gasteiger partial charge in [-0.1, -0.05) is 0 Å². The topological polar surface area (TPSA) is 84.7 Å². The van der Waals surface area contributed by atoms with Gasteiger partial charge in [0.15, 0.2) is 0 Å². The smallest absolute Gasteiger partial charge is 0.239 e. The van der Waals surface area contributed by atoms with Crippen molar-refractivity contribution < 1.29 is 14.3 Å². The molecular weight excluding hydrogens is 246 g/mol. The Morgan fingerprint density at radius 2 is 1.95 bits per heavy atom. The third-order valence-corrected chi connectivity index (χ3v) is 3.47. The summed E-state index contributed by atoms with van der Waals surface area (Å²) in [5.74, 6) is -0.206. The lowest BCUT2D eigenvalue weighted by Gasteiger charge is -2.37. The standard InChI is InChI=1S/C13H25N3O3/c1-10(2)15-11(17)8-16(3)12(18)13(9-14)4-6-19-7-5-13/h10H,4-9,14H2,1-3H3,(H,15,17). The summed E-state index contributed by atoms with van der Waals surface area (Å²) in [4.78, 5) is 25.6. The highest BCUT2D eigenvalue weighted by molar-refractivity contribution is 5.88. The molecule has 6 heteroatoms. The number of nitrogens with zero attached hydrogens (tertiary/aromatic N) is 1. The number of nitrogens with two attached hydrogens (primary N) is 1. The number of hydrogen-bond acceptors (Lipinski definition) is 4. The first-order valence-corrected chi connectivity index (χ1v) is 6.74. The molecule has 1 saturated heterocycles. The molecule has 1 fully saturated rings. The van der Waals surface area contributed by atoms with Crippen molar-refractivity contribution in [1.29, 1.82) is 0 Å². The fourth-order valence-corrected chi connectivity index (χ4v) is 2.33. The Labute approximate surface area is 114 Å². The van der Waals surface area contributed by atoms with E-state index >= 15 is 0 Å². The zero-order valence-corrected chi connectivity index (χ0v) is 12.1. The molecule has 0 atom stereocenters. The lowest BCUT2D eigenvalue weighted by atomic mass is 9.79. The number of nitrogens with one attached hydrogen (secondary N) is 1. The molecule has 0 aromatic carbocycles. The summed E-state index contributed by atoms with van der Waals surface area (Å²) < 4.78 is 5.28. The minimum Gasteiger partial charge on any atom is -0.381 e. The number of hydrogen-bond donors (Lipinski definition) is 2. The Balaban J connectivity index is 2.61. The summed E-state index contributed by atoms with van der Waals surface area (Å²) in [6, 6.07) is 0.0718. The van der Waals surface area contributed by atoms with Crippen molar-refractivity contribution in [3.63, 3.8) is 0 Å². The van der Waals surface area contributed by atoms with Gasteiger partial charge in [0, 0.05) is 32.8 Å². The summed E-state index contributed by atoms with van der Waals surface area (Å²) >= 11 is 0. The fraction of sp³-hybridized carbons (Fsp3) is 0.846. The first kappa shape index (κ1) is 15.9. The van der Waals surface area contributed by atoms with E-state index in [1.165, 1.54) is 4.90 Å². The van der Waals surface area contributed by atoms with E-state index in [9.17, 15) is 9.59 Å². The third-order valence-electron chi connectivity index (χ3n) is 3.47. The highest BCUT2D eigenvalue weighted by Crippen LogP contribution is 2.31. The van der Waals surface area contributed by atoms with Crippen LogP contribution in [0.1, 0.15) is 26.7 Å². The molecule has 0 unspecified atom stereocenters. The highest BCUT2D eigenvalue weighted by Gasteiger charge is 2.40. The van der Waals surface area contributed by atoms with Gasteiger partial charge in [0.2, 0.25) is 11.8 Å². The van der Waals surface area contributed by atoms with Crippen LogP contribution in [0.4, 0.5) is 0 Å². The van der Waals surface area contributed by atoms with Crippen LogP contribution in [0.15, 0.2) is 0 Å². The van der Waals surface area contributed by atoms with Crippen LogP contribution in [0.5, 0.6) is 0 Å². The van der Waals surface area contributed by atoms with Gasteiger partial charge in [-0.3, -0.25) is 9.59 Å². The number of rotatable bonds is 5. The molecule has 0 aromatic rings. The highest BCUT2D eigenvalue weighted by atomic mass is 16.5. The number of likely N-dealkylation sites (N-methyl/N-ethyl adjacent to an activating group) is 1. The van der Waals surface area contributed by atoms with Crippen molar-refractivity contribution in [2.75, 3.05) is 33.4 Å².